The van der Waals surface area contributed by atoms with E-state index in [0.29, 0.717) is 21.7 Å². The summed E-state index contributed by atoms with van der Waals surface area (Å²) in [6, 6.07) is 5.38. The maximum atomic E-state index is 12.1. The first-order chi connectivity index (χ1) is 13.4. The minimum Gasteiger partial charge on any atom is -0.464 e. The van der Waals surface area contributed by atoms with Crippen LogP contribution >= 0.6 is 34.8 Å². The minimum absolute atomic E-state index is 0.101. The molecule has 0 saturated heterocycles. The molecule has 0 bridgehead atoms. The Labute approximate surface area is 178 Å². The molecule has 2 saturated carbocycles. The van der Waals surface area contributed by atoms with E-state index in [4.69, 9.17) is 39.5 Å². The van der Waals surface area contributed by atoms with Crippen LogP contribution in [0, 0.1) is 0 Å². The maximum Gasteiger partial charge on any atom is 0.358 e. The van der Waals surface area contributed by atoms with E-state index in [9.17, 15) is 4.79 Å². The number of ether oxygens (including phenoxy) is 1. The van der Waals surface area contributed by atoms with Crippen LogP contribution in [0.2, 0.25) is 15.1 Å². The van der Waals surface area contributed by atoms with Gasteiger partial charge in [0, 0.05) is 16.0 Å². The summed E-state index contributed by atoms with van der Waals surface area (Å²) >= 11 is 18.6. The van der Waals surface area contributed by atoms with Crippen molar-refractivity contribution >= 4 is 52.7 Å². The summed E-state index contributed by atoms with van der Waals surface area (Å²) in [4.78, 5) is 21.0. The van der Waals surface area contributed by atoms with Gasteiger partial charge >= 0.3 is 5.97 Å². The molecule has 2 aromatic rings. The molecule has 0 unspecified atom stereocenters. The number of anilines is 1. The van der Waals surface area contributed by atoms with E-state index in [1.807, 2.05) is 12.1 Å². The molecule has 0 spiro atoms. The van der Waals surface area contributed by atoms with Crippen molar-refractivity contribution in [3.63, 3.8) is 0 Å². The highest BCUT2D eigenvalue weighted by molar-refractivity contribution is 6.36. The SMILES string of the molecule is COC(=O)c1nc(C2CC2)nc(NC2(C=Cc3ccc(Cl)cc3Cl)CC2)c1Cl. The van der Waals surface area contributed by atoms with Gasteiger partial charge in [0.2, 0.25) is 0 Å². The normalized spacial score (nSPS) is 17.6. The van der Waals surface area contributed by atoms with E-state index in [2.05, 4.69) is 21.4 Å². The third-order valence-electron chi connectivity index (χ3n) is 4.89. The average molecular weight is 439 g/mol. The van der Waals surface area contributed by atoms with Crippen molar-refractivity contribution in [2.75, 3.05) is 12.4 Å². The molecular formula is C20H18Cl3N3O2. The van der Waals surface area contributed by atoms with Gasteiger partial charge in [0.1, 0.15) is 16.7 Å². The van der Waals surface area contributed by atoms with Gasteiger partial charge in [-0.2, -0.15) is 0 Å². The largest absolute Gasteiger partial charge is 0.464 e. The number of nitrogens with one attached hydrogen (secondary N) is 1. The molecule has 8 heteroatoms. The predicted molar refractivity (Wildman–Crippen MR) is 111 cm³/mol. The van der Waals surface area contributed by atoms with Crippen LogP contribution in [-0.4, -0.2) is 28.6 Å². The fraction of sp³-hybridized carbons (Fsp3) is 0.350. The monoisotopic (exact) mass is 437 g/mol. The summed E-state index contributed by atoms with van der Waals surface area (Å²) in [5.74, 6) is 0.807. The highest BCUT2D eigenvalue weighted by Gasteiger charge is 2.42. The van der Waals surface area contributed by atoms with Crippen LogP contribution in [0.25, 0.3) is 6.08 Å². The van der Waals surface area contributed by atoms with E-state index < -0.39 is 5.97 Å². The van der Waals surface area contributed by atoms with Gasteiger partial charge in [-0.25, -0.2) is 14.8 Å². The van der Waals surface area contributed by atoms with Gasteiger partial charge < -0.3 is 10.1 Å². The Morgan fingerprint density at radius 3 is 2.61 bits per heavy atom. The van der Waals surface area contributed by atoms with E-state index >= 15 is 0 Å². The quantitative estimate of drug-likeness (QED) is 0.581. The summed E-state index contributed by atoms with van der Waals surface area (Å²) in [6.45, 7) is 0. The van der Waals surface area contributed by atoms with Crippen LogP contribution in [0.3, 0.4) is 0 Å². The van der Waals surface area contributed by atoms with Gasteiger partial charge in [-0.15, -0.1) is 0 Å². The molecule has 1 N–H and O–H groups in total. The molecule has 2 fully saturated rings. The van der Waals surface area contributed by atoms with Crippen LogP contribution in [0.5, 0.6) is 0 Å². The van der Waals surface area contributed by atoms with Crippen molar-refractivity contribution in [1.29, 1.82) is 0 Å². The number of aromatic nitrogens is 2. The lowest BCUT2D eigenvalue weighted by molar-refractivity contribution is 0.0593. The number of halogens is 3. The molecule has 0 atom stereocenters. The number of hydrogen-bond acceptors (Lipinski definition) is 5. The number of hydrogen-bond donors (Lipinski definition) is 1. The fourth-order valence-electron chi connectivity index (χ4n) is 2.89. The van der Waals surface area contributed by atoms with Crippen molar-refractivity contribution in [3.05, 3.63) is 56.4 Å². The van der Waals surface area contributed by atoms with E-state index in [0.717, 1.165) is 31.2 Å². The first kappa shape index (κ1) is 19.5. The Morgan fingerprint density at radius 2 is 2.00 bits per heavy atom. The van der Waals surface area contributed by atoms with Crippen LogP contribution in [0.4, 0.5) is 5.82 Å². The molecule has 4 rings (SSSR count). The smallest absolute Gasteiger partial charge is 0.358 e. The van der Waals surface area contributed by atoms with E-state index in [1.54, 1.807) is 12.1 Å². The first-order valence-electron chi connectivity index (χ1n) is 8.99. The van der Waals surface area contributed by atoms with Crippen LogP contribution < -0.4 is 5.32 Å². The second-order valence-corrected chi connectivity index (χ2v) is 8.36. The molecule has 1 aromatic carbocycles. The Morgan fingerprint density at radius 1 is 1.25 bits per heavy atom. The molecule has 0 aliphatic heterocycles. The zero-order valence-corrected chi connectivity index (χ0v) is 17.4. The summed E-state index contributed by atoms with van der Waals surface area (Å²) in [7, 11) is 1.31. The van der Waals surface area contributed by atoms with Gasteiger partial charge in [-0.3, -0.25) is 0 Å². The van der Waals surface area contributed by atoms with Gasteiger partial charge in [0.15, 0.2) is 5.69 Å². The van der Waals surface area contributed by atoms with Crippen LogP contribution in [0.1, 0.15) is 53.5 Å². The minimum atomic E-state index is -0.564. The summed E-state index contributed by atoms with van der Waals surface area (Å²) in [6.07, 6.45) is 7.87. The molecule has 2 aliphatic carbocycles. The standard InChI is InChI=1S/C20H18Cl3N3O2/c1-28-19(27)16-15(23)18(25-17(24-16)12-2-3-12)26-20(8-9-20)7-6-11-4-5-13(21)10-14(11)22/h4-7,10,12H,2-3,8-9H2,1H3,(H,24,25,26). The van der Waals surface area contributed by atoms with Crippen molar-refractivity contribution in [3.8, 4) is 0 Å². The topological polar surface area (TPSA) is 64.1 Å². The molecule has 2 aliphatic rings. The molecule has 28 heavy (non-hydrogen) atoms. The number of esters is 1. The zero-order chi connectivity index (χ0) is 19.9. The van der Waals surface area contributed by atoms with Crippen molar-refractivity contribution < 1.29 is 9.53 Å². The van der Waals surface area contributed by atoms with Gasteiger partial charge in [0.05, 0.1) is 12.6 Å². The Balaban J connectivity index is 1.61. The molecule has 146 valence electrons. The fourth-order valence-corrected chi connectivity index (χ4v) is 3.57. The van der Waals surface area contributed by atoms with Crippen molar-refractivity contribution in [1.82, 2.24) is 9.97 Å². The van der Waals surface area contributed by atoms with Gasteiger partial charge in [-0.1, -0.05) is 53.0 Å². The second kappa shape index (κ2) is 7.54. The number of methoxy groups -OCH3 is 1. The number of benzene rings is 1. The highest BCUT2D eigenvalue weighted by Crippen LogP contribution is 2.44. The van der Waals surface area contributed by atoms with Crippen molar-refractivity contribution in [2.24, 2.45) is 0 Å². The predicted octanol–water partition coefficient (Wildman–Crippen LogP) is 5.76. The van der Waals surface area contributed by atoms with Gasteiger partial charge in [0.25, 0.3) is 0 Å². The zero-order valence-electron chi connectivity index (χ0n) is 15.1. The third-order valence-corrected chi connectivity index (χ3v) is 5.81. The van der Waals surface area contributed by atoms with Gasteiger partial charge in [-0.05, 0) is 43.4 Å². The summed E-state index contributed by atoms with van der Waals surface area (Å²) < 4.78 is 4.82. The molecule has 1 heterocycles. The highest BCUT2D eigenvalue weighted by atomic mass is 35.5. The Kier molecular flexibility index (Phi) is 5.25. The second-order valence-electron chi connectivity index (χ2n) is 7.14. The van der Waals surface area contributed by atoms with E-state index in [1.165, 1.54) is 7.11 Å². The lowest BCUT2D eigenvalue weighted by Gasteiger charge is -2.17. The van der Waals surface area contributed by atoms with Crippen LogP contribution in [-0.2, 0) is 4.74 Å². The third kappa shape index (κ3) is 4.12. The number of carbonyl (C=O) groups excluding carboxylic acids is 1. The number of rotatable bonds is 6. The van der Waals surface area contributed by atoms with Crippen LogP contribution in [0.15, 0.2) is 24.3 Å². The lowest BCUT2D eigenvalue weighted by atomic mass is 10.1. The molecule has 1 aromatic heterocycles. The maximum absolute atomic E-state index is 12.1. The number of carbonyl (C=O) groups is 1. The van der Waals surface area contributed by atoms with Crippen molar-refractivity contribution in [2.45, 2.75) is 37.1 Å². The molecule has 5 nitrogen and oxygen atoms in total. The van der Waals surface area contributed by atoms with E-state index in [-0.39, 0.29) is 22.2 Å². The number of nitrogens with zero attached hydrogens (tertiary/aromatic N) is 2. The first-order valence-corrected chi connectivity index (χ1v) is 10.1. The summed E-state index contributed by atoms with van der Waals surface area (Å²) in [5.41, 5.74) is 0.695. The average Bonchev–Trinajstić information content (AvgIpc) is 3.58. The molecule has 0 amide bonds. The molecular weight excluding hydrogens is 421 g/mol. The summed E-state index contributed by atoms with van der Waals surface area (Å²) in [5, 5.41) is 4.76. The Bertz CT molecular complexity index is 969. The Hall–Kier alpha value is -1.82. The lowest BCUT2D eigenvalue weighted by Crippen LogP contribution is -2.21. The molecule has 0 radical (unpaired) electrons.